The molecule has 0 radical (unpaired) electrons. The normalized spacial score (nSPS) is 16.0. The molecule has 0 N–H and O–H groups in total. The highest BCUT2D eigenvalue weighted by atomic mass is 16.6. The first kappa shape index (κ1) is 33.3. The van der Waals surface area contributed by atoms with E-state index in [9.17, 15) is 0 Å². The molecule has 2 aliphatic heterocycles. The molecular formula is C34H48O4. The van der Waals surface area contributed by atoms with Gasteiger partial charge in [0, 0.05) is 14.2 Å². The number of epoxide rings is 2. The Morgan fingerprint density at radius 1 is 0.553 bits per heavy atom. The molecule has 2 heterocycles. The molecule has 0 spiro atoms. The first-order valence-electron chi connectivity index (χ1n) is 13.3. The van der Waals surface area contributed by atoms with Crippen LogP contribution in [0.2, 0.25) is 0 Å². The van der Waals surface area contributed by atoms with Gasteiger partial charge in [0.1, 0.15) is 12.2 Å². The molecule has 2 fully saturated rings. The molecule has 0 amide bonds. The number of unbranched alkanes of at least 4 members (excludes halogenated alkanes) is 2. The van der Waals surface area contributed by atoms with Crippen LogP contribution >= 0.6 is 0 Å². The highest BCUT2D eigenvalue weighted by molar-refractivity contribution is 5.82. The highest BCUT2D eigenvalue weighted by Gasteiger charge is 2.21. The predicted molar refractivity (Wildman–Crippen MR) is 163 cm³/mol. The molecule has 0 aromatic heterocycles. The summed E-state index contributed by atoms with van der Waals surface area (Å²) in [5.41, 5.74) is 0. The molecular weight excluding hydrogens is 472 g/mol. The lowest BCUT2D eigenvalue weighted by Crippen LogP contribution is -1.94. The van der Waals surface area contributed by atoms with Crippen LogP contribution in [0.4, 0.5) is 0 Å². The van der Waals surface area contributed by atoms with Crippen molar-refractivity contribution in [2.24, 2.45) is 0 Å². The molecule has 6 rings (SSSR count). The fourth-order valence-electron chi connectivity index (χ4n) is 3.32. The van der Waals surface area contributed by atoms with Gasteiger partial charge in [-0.3, -0.25) is 0 Å². The molecule has 4 nitrogen and oxygen atoms in total. The summed E-state index contributed by atoms with van der Waals surface area (Å²) in [6.07, 6.45) is 4.93. The second kappa shape index (κ2) is 21.2. The van der Waals surface area contributed by atoms with Crippen LogP contribution < -0.4 is 0 Å². The lowest BCUT2D eigenvalue weighted by Gasteiger charge is -1.92. The zero-order valence-corrected chi connectivity index (χ0v) is 23.0. The molecule has 38 heavy (non-hydrogen) atoms. The van der Waals surface area contributed by atoms with Gasteiger partial charge in [0.2, 0.25) is 0 Å². The van der Waals surface area contributed by atoms with Gasteiger partial charge in [0.25, 0.3) is 0 Å². The number of rotatable bonds is 6. The summed E-state index contributed by atoms with van der Waals surface area (Å²) in [6.45, 7) is 7.74. The Morgan fingerprint density at radius 2 is 0.789 bits per heavy atom. The van der Waals surface area contributed by atoms with E-state index in [0.717, 1.165) is 26.4 Å². The Kier molecular flexibility index (Phi) is 18.6. The van der Waals surface area contributed by atoms with Crippen LogP contribution in [0.5, 0.6) is 0 Å². The SMILES string of the molecule is C.CCCCC.COCC1CO1.COCC1CO1.c1ccc2ccccc2c1.c1ccc2ccccc2c1. The minimum atomic E-state index is 0. The summed E-state index contributed by atoms with van der Waals surface area (Å²) in [5, 5.41) is 5.24. The Balaban J connectivity index is 0.000000244. The quantitative estimate of drug-likeness (QED) is 0.239. The van der Waals surface area contributed by atoms with Crippen LogP contribution in [-0.2, 0) is 18.9 Å². The number of hydrogen-bond acceptors (Lipinski definition) is 4. The van der Waals surface area contributed by atoms with Gasteiger partial charge >= 0.3 is 0 Å². The molecule has 4 heteroatoms. The van der Waals surface area contributed by atoms with Crippen molar-refractivity contribution in [2.75, 3.05) is 40.6 Å². The van der Waals surface area contributed by atoms with Crippen molar-refractivity contribution in [3.63, 3.8) is 0 Å². The lowest BCUT2D eigenvalue weighted by atomic mass is 10.1. The molecule has 2 atom stereocenters. The van der Waals surface area contributed by atoms with E-state index >= 15 is 0 Å². The first-order chi connectivity index (χ1) is 18.2. The van der Waals surface area contributed by atoms with Crippen molar-refractivity contribution in [3.8, 4) is 0 Å². The fourth-order valence-corrected chi connectivity index (χ4v) is 3.32. The van der Waals surface area contributed by atoms with Crippen molar-refractivity contribution in [1.82, 2.24) is 0 Å². The van der Waals surface area contributed by atoms with E-state index in [0.29, 0.717) is 12.2 Å². The molecule has 4 aromatic rings. The molecule has 208 valence electrons. The van der Waals surface area contributed by atoms with Gasteiger partial charge in [0.15, 0.2) is 0 Å². The Bertz CT molecular complexity index is 871. The molecule has 2 aliphatic rings. The Hall–Kier alpha value is -2.76. The fraction of sp³-hybridized carbons (Fsp3) is 0.412. The smallest absolute Gasteiger partial charge is 0.104 e. The second-order valence-corrected chi connectivity index (χ2v) is 8.87. The molecule has 4 aromatic carbocycles. The van der Waals surface area contributed by atoms with Crippen molar-refractivity contribution in [3.05, 3.63) is 97.1 Å². The van der Waals surface area contributed by atoms with Crippen molar-refractivity contribution >= 4 is 21.5 Å². The maximum atomic E-state index is 4.82. The van der Waals surface area contributed by atoms with Crippen LogP contribution in [-0.4, -0.2) is 52.9 Å². The molecule has 2 saturated heterocycles. The summed E-state index contributed by atoms with van der Waals surface area (Å²) in [5.74, 6) is 0. The first-order valence-corrected chi connectivity index (χ1v) is 13.3. The molecule has 2 unspecified atom stereocenters. The van der Waals surface area contributed by atoms with Gasteiger partial charge < -0.3 is 18.9 Å². The highest BCUT2D eigenvalue weighted by Crippen LogP contribution is 2.12. The number of hydrogen-bond donors (Lipinski definition) is 0. The van der Waals surface area contributed by atoms with E-state index in [-0.39, 0.29) is 7.43 Å². The van der Waals surface area contributed by atoms with Crippen molar-refractivity contribution in [1.29, 1.82) is 0 Å². The van der Waals surface area contributed by atoms with E-state index in [1.165, 1.54) is 40.8 Å². The average Bonchev–Trinajstić information content (AvgIpc) is 3.89. The van der Waals surface area contributed by atoms with Gasteiger partial charge in [-0.25, -0.2) is 0 Å². The largest absolute Gasteiger partial charge is 0.382 e. The van der Waals surface area contributed by atoms with Crippen LogP contribution in [0, 0.1) is 0 Å². The number of methoxy groups -OCH3 is 2. The standard InChI is InChI=1S/2C10H8.C5H12.2C4H8O2.CH4/c2*1-2-6-10-8-4-3-7-9(10)5-1;1-3-5-4-2;2*1-5-2-4-3-6-4;/h2*1-8H;3-5H2,1-2H3;2*4H,2-3H2,1H3;1H4. The summed E-state index contributed by atoms with van der Waals surface area (Å²) >= 11 is 0. The summed E-state index contributed by atoms with van der Waals surface area (Å²) in [6, 6.07) is 33.4. The van der Waals surface area contributed by atoms with Crippen LogP contribution in [0.25, 0.3) is 21.5 Å². The topological polar surface area (TPSA) is 43.5 Å². The van der Waals surface area contributed by atoms with E-state index in [4.69, 9.17) is 18.9 Å². The number of ether oxygens (including phenoxy) is 4. The maximum Gasteiger partial charge on any atom is 0.104 e. The van der Waals surface area contributed by atoms with E-state index in [2.05, 4.69) is 111 Å². The van der Waals surface area contributed by atoms with Crippen molar-refractivity contribution in [2.45, 2.75) is 52.7 Å². The predicted octanol–water partition coefficient (Wildman–Crippen LogP) is 8.58. The van der Waals surface area contributed by atoms with Crippen molar-refractivity contribution < 1.29 is 18.9 Å². The zero-order valence-electron chi connectivity index (χ0n) is 23.0. The number of fused-ring (bicyclic) bond motifs is 2. The third kappa shape index (κ3) is 15.5. The zero-order chi connectivity index (χ0) is 26.6. The minimum absolute atomic E-state index is 0. The van der Waals surface area contributed by atoms with E-state index < -0.39 is 0 Å². The maximum absolute atomic E-state index is 4.82. The van der Waals surface area contributed by atoms with Gasteiger partial charge in [-0.05, 0) is 21.5 Å². The van der Waals surface area contributed by atoms with Crippen LogP contribution in [0.1, 0.15) is 40.5 Å². The third-order valence-corrected chi connectivity index (χ3v) is 5.53. The van der Waals surface area contributed by atoms with Crippen LogP contribution in [0.15, 0.2) is 97.1 Å². The monoisotopic (exact) mass is 520 g/mol. The van der Waals surface area contributed by atoms with E-state index in [1.54, 1.807) is 14.2 Å². The molecule has 0 aliphatic carbocycles. The molecule has 0 bridgehead atoms. The Labute approximate surface area is 230 Å². The minimum Gasteiger partial charge on any atom is -0.382 e. The van der Waals surface area contributed by atoms with Gasteiger partial charge in [-0.1, -0.05) is 138 Å². The second-order valence-electron chi connectivity index (χ2n) is 8.87. The van der Waals surface area contributed by atoms with Gasteiger partial charge in [-0.15, -0.1) is 0 Å². The average molecular weight is 521 g/mol. The summed E-state index contributed by atoms with van der Waals surface area (Å²) < 4.78 is 19.1. The lowest BCUT2D eigenvalue weighted by molar-refractivity contribution is 0.171. The number of benzene rings is 4. The van der Waals surface area contributed by atoms with Gasteiger partial charge in [0.05, 0.1) is 26.4 Å². The summed E-state index contributed by atoms with van der Waals surface area (Å²) in [4.78, 5) is 0. The summed E-state index contributed by atoms with van der Waals surface area (Å²) in [7, 11) is 3.36. The molecule has 0 saturated carbocycles. The third-order valence-electron chi connectivity index (χ3n) is 5.53. The van der Waals surface area contributed by atoms with Gasteiger partial charge in [-0.2, -0.15) is 0 Å². The van der Waals surface area contributed by atoms with E-state index in [1.807, 2.05) is 0 Å². The Morgan fingerprint density at radius 3 is 0.895 bits per heavy atom. The van der Waals surface area contributed by atoms with Crippen LogP contribution in [0.3, 0.4) is 0 Å².